The Morgan fingerprint density at radius 1 is 1.25 bits per heavy atom. The number of rotatable bonds is 2. The smallest absolute Gasteiger partial charge is 0.341 e. The fourth-order valence-electron chi connectivity index (χ4n) is 4.19. The number of hydrogen-bond acceptors (Lipinski definition) is 3. The molecule has 1 spiro atoms. The first-order chi connectivity index (χ1) is 9.19. The second kappa shape index (κ2) is 5.01. The quantitative estimate of drug-likeness (QED) is 0.568. The summed E-state index contributed by atoms with van der Waals surface area (Å²) in [5.74, 6) is 0.705. The number of carbonyl (C=O) groups excluding carboxylic acids is 1. The number of esters is 1. The molecule has 3 unspecified atom stereocenters. The second-order valence-electron chi connectivity index (χ2n) is 7.97. The van der Waals surface area contributed by atoms with Gasteiger partial charge in [0.15, 0.2) is 5.60 Å². The van der Waals surface area contributed by atoms with E-state index in [4.69, 9.17) is 9.47 Å². The fraction of sp³-hybridized carbons (Fsp3) is 0.941. The predicted octanol–water partition coefficient (Wildman–Crippen LogP) is 3.95. The maximum Gasteiger partial charge on any atom is 0.341 e. The van der Waals surface area contributed by atoms with Gasteiger partial charge in [0, 0.05) is 0 Å². The van der Waals surface area contributed by atoms with Gasteiger partial charge in [0.05, 0.1) is 7.11 Å². The van der Waals surface area contributed by atoms with E-state index >= 15 is 0 Å². The molecule has 0 radical (unpaired) electrons. The second-order valence-corrected chi connectivity index (χ2v) is 7.97. The zero-order valence-corrected chi connectivity index (χ0v) is 13.9. The molecule has 0 N–H and O–H groups in total. The van der Waals surface area contributed by atoms with Crippen LogP contribution in [0, 0.1) is 17.3 Å². The summed E-state index contributed by atoms with van der Waals surface area (Å²) in [6, 6.07) is 0. The van der Waals surface area contributed by atoms with Gasteiger partial charge in [0.2, 0.25) is 0 Å². The van der Waals surface area contributed by atoms with Crippen molar-refractivity contribution in [1.82, 2.24) is 0 Å². The summed E-state index contributed by atoms with van der Waals surface area (Å²) in [6.45, 7) is 11.1. The van der Waals surface area contributed by atoms with Gasteiger partial charge in [-0.05, 0) is 42.9 Å². The number of epoxide rings is 1. The zero-order chi connectivity index (χ0) is 15.2. The molecule has 3 atom stereocenters. The first-order valence-corrected chi connectivity index (χ1v) is 7.98. The summed E-state index contributed by atoms with van der Waals surface area (Å²) in [5.41, 5.74) is -0.602. The van der Waals surface area contributed by atoms with Crippen LogP contribution in [0.4, 0.5) is 0 Å². The molecule has 1 aliphatic heterocycles. The van der Waals surface area contributed by atoms with Crippen molar-refractivity contribution in [1.29, 1.82) is 0 Å². The van der Waals surface area contributed by atoms with Gasteiger partial charge in [-0.15, -0.1) is 0 Å². The minimum absolute atomic E-state index is 0.168. The number of ether oxygens (including phenoxy) is 2. The largest absolute Gasteiger partial charge is 0.467 e. The summed E-state index contributed by atoms with van der Waals surface area (Å²) in [5, 5.41) is 0. The highest BCUT2D eigenvalue weighted by atomic mass is 16.7. The molecule has 2 rings (SSSR count). The van der Waals surface area contributed by atoms with Crippen LogP contribution in [0.25, 0.3) is 0 Å². The summed E-state index contributed by atoms with van der Waals surface area (Å²) in [4.78, 5) is 12.3. The third kappa shape index (κ3) is 2.28. The van der Waals surface area contributed by atoms with Crippen molar-refractivity contribution in [3.63, 3.8) is 0 Å². The van der Waals surface area contributed by atoms with E-state index in [0.29, 0.717) is 11.3 Å². The lowest BCUT2D eigenvalue weighted by molar-refractivity contribution is -0.148. The van der Waals surface area contributed by atoms with Crippen LogP contribution in [0.1, 0.15) is 66.7 Å². The molecule has 2 aliphatic rings. The van der Waals surface area contributed by atoms with Crippen molar-refractivity contribution >= 4 is 5.97 Å². The summed E-state index contributed by atoms with van der Waals surface area (Å²) >= 11 is 0. The normalized spacial score (nSPS) is 37.9. The van der Waals surface area contributed by atoms with Crippen LogP contribution in [-0.2, 0) is 14.3 Å². The lowest BCUT2D eigenvalue weighted by atomic mass is 9.75. The van der Waals surface area contributed by atoms with Crippen LogP contribution in [-0.4, -0.2) is 24.3 Å². The Balaban J connectivity index is 2.16. The topological polar surface area (TPSA) is 38.8 Å². The lowest BCUT2D eigenvalue weighted by Gasteiger charge is -2.29. The van der Waals surface area contributed by atoms with E-state index in [1.165, 1.54) is 13.5 Å². The molecule has 2 fully saturated rings. The van der Waals surface area contributed by atoms with Gasteiger partial charge in [-0.3, -0.25) is 0 Å². The van der Waals surface area contributed by atoms with E-state index in [1.54, 1.807) is 0 Å². The summed E-state index contributed by atoms with van der Waals surface area (Å²) in [7, 11) is 1.47. The number of hydrogen-bond donors (Lipinski definition) is 0. The number of methoxy groups -OCH3 is 1. The van der Waals surface area contributed by atoms with Gasteiger partial charge in [0.1, 0.15) is 5.60 Å². The molecule has 0 aromatic rings. The Labute approximate surface area is 123 Å². The van der Waals surface area contributed by atoms with E-state index in [-0.39, 0.29) is 17.5 Å². The highest BCUT2D eigenvalue weighted by molar-refractivity contribution is 5.85. The molecule has 20 heavy (non-hydrogen) atoms. The first kappa shape index (κ1) is 15.8. The van der Waals surface area contributed by atoms with E-state index in [9.17, 15) is 4.79 Å². The molecule has 1 saturated carbocycles. The van der Waals surface area contributed by atoms with Gasteiger partial charge in [-0.25, -0.2) is 4.79 Å². The standard InChI is InChI=1S/C17H30O3/c1-12(2)17(14(18)19-6)16(20-17)10-7-8-13(9-11-16)15(3,4)5/h12-13H,7-11H2,1-6H3. The fourth-order valence-corrected chi connectivity index (χ4v) is 4.19. The van der Waals surface area contributed by atoms with Crippen LogP contribution >= 0.6 is 0 Å². The van der Waals surface area contributed by atoms with E-state index in [1.807, 2.05) is 0 Å². The van der Waals surface area contributed by atoms with Crippen molar-refractivity contribution in [3.8, 4) is 0 Å². The predicted molar refractivity (Wildman–Crippen MR) is 79.4 cm³/mol. The van der Waals surface area contributed by atoms with E-state index < -0.39 is 5.60 Å². The molecule has 3 nitrogen and oxygen atoms in total. The van der Waals surface area contributed by atoms with Gasteiger partial charge in [0.25, 0.3) is 0 Å². The summed E-state index contributed by atoms with van der Waals surface area (Å²) < 4.78 is 11.2. The maximum absolute atomic E-state index is 12.3. The van der Waals surface area contributed by atoms with Crippen molar-refractivity contribution in [2.24, 2.45) is 17.3 Å². The van der Waals surface area contributed by atoms with Gasteiger partial charge < -0.3 is 9.47 Å². The average Bonchev–Trinajstić information content (AvgIpc) is 3.07. The first-order valence-electron chi connectivity index (χ1n) is 7.98. The monoisotopic (exact) mass is 282 g/mol. The Hall–Kier alpha value is -0.570. The third-order valence-electron chi connectivity index (χ3n) is 5.55. The highest BCUT2D eigenvalue weighted by Crippen LogP contribution is 2.61. The van der Waals surface area contributed by atoms with E-state index in [0.717, 1.165) is 25.7 Å². The molecule has 0 aromatic heterocycles. The van der Waals surface area contributed by atoms with Crippen LogP contribution in [0.5, 0.6) is 0 Å². The maximum atomic E-state index is 12.3. The molecule has 3 heteroatoms. The minimum Gasteiger partial charge on any atom is -0.467 e. The van der Waals surface area contributed by atoms with Crippen molar-refractivity contribution < 1.29 is 14.3 Å². The van der Waals surface area contributed by atoms with Gasteiger partial charge >= 0.3 is 5.97 Å². The molecule has 0 bridgehead atoms. The lowest BCUT2D eigenvalue weighted by Crippen LogP contribution is -2.40. The molecule has 0 aromatic carbocycles. The van der Waals surface area contributed by atoms with Gasteiger partial charge in [-0.2, -0.15) is 0 Å². The third-order valence-corrected chi connectivity index (χ3v) is 5.55. The van der Waals surface area contributed by atoms with Gasteiger partial charge in [-0.1, -0.05) is 41.0 Å². The minimum atomic E-state index is -0.686. The molecule has 1 heterocycles. The van der Waals surface area contributed by atoms with E-state index in [2.05, 4.69) is 34.6 Å². The van der Waals surface area contributed by atoms with Crippen LogP contribution in [0.15, 0.2) is 0 Å². The van der Waals surface area contributed by atoms with Crippen LogP contribution in [0.3, 0.4) is 0 Å². The van der Waals surface area contributed by atoms with Crippen molar-refractivity contribution in [2.75, 3.05) is 7.11 Å². The zero-order valence-electron chi connectivity index (χ0n) is 13.9. The Bertz CT molecular complexity index is 382. The summed E-state index contributed by atoms with van der Waals surface area (Å²) in [6.07, 6.45) is 5.52. The molecular weight excluding hydrogens is 252 g/mol. The molecule has 1 saturated heterocycles. The van der Waals surface area contributed by atoms with Crippen molar-refractivity contribution in [3.05, 3.63) is 0 Å². The molecule has 0 amide bonds. The Morgan fingerprint density at radius 3 is 2.40 bits per heavy atom. The van der Waals surface area contributed by atoms with Crippen molar-refractivity contribution in [2.45, 2.75) is 77.9 Å². The van der Waals surface area contributed by atoms with Crippen LogP contribution in [0.2, 0.25) is 0 Å². The molecule has 116 valence electrons. The van der Waals surface area contributed by atoms with Crippen LogP contribution < -0.4 is 0 Å². The SMILES string of the molecule is COC(=O)C1(C(C)C)OC12CCCC(C(C)(C)C)CC2. The Morgan fingerprint density at radius 2 is 1.90 bits per heavy atom. The average molecular weight is 282 g/mol. The molecule has 1 aliphatic carbocycles. The number of carbonyl (C=O) groups is 1. The highest BCUT2D eigenvalue weighted by Gasteiger charge is 2.76. The molecular formula is C17H30O3. The Kier molecular flexibility index (Phi) is 3.96.